The summed E-state index contributed by atoms with van der Waals surface area (Å²) in [4.78, 5) is 23.2. The van der Waals surface area contributed by atoms with Gasteiger partial charge in [0.15, 0.2) is 6.10 Å². The number of halogens is 3. The number of para-hydroxylation sites is 2. The second kappa shape index (κ2) is 9.67. The number of anilines is 2. The molecule has 0 amide bonds. The van der Waals surface area contributed by atoms with E-state index in [4.69, 9.17) is 44.6 Å². The molecule has 0 radical (unpaired) electrons. The van der Waals surface area contributed by atoms with Gasteiger partial charge in [0.25, 0.3) is 0 Å². The van der Waals surface area contributed by atoms with Crippen molar-refractivity contribution in [1.29, 1.82) is 0 Å². The fourth-order valence-corrected chi connectivity index (χ4v) is 2.93. The second-order valence-corrected chi connectivity index (χ2v) is 6.54. The van der Waals surface area contributed by atoms with E-state index < -0.39 is 18.0 Å². The molecule has 0 saturated heterocycles. The lowest BCUT2D eigenvalue weighted by molar-refractivity contribution is -0.163. The van der Waals surface area contributed by atoms with Crippen molar-refractivity contribution in [2.75, 3.05) is 11.2 Å². The van der Waals surface area contributed by atoms with E-state index >= 15 is 0 Å². The number of ether oxygens (including phenoxy) is 1. The minimum atomic E-state index is -1.27. The van der Waals surface area contributed by atoms with Gasteiger partial charge in [-0.3, -0.25) is 4.79 Å². The van der Waals surface area contributed by atoms with Crippen molar-refractivity contribution in [2.24, 2.45) is 0 Å². The first-order chi connectivity index (χ1) is 12.4. The Morgan fingerprint density at radius 2 is 1.73 bits per heavy atom. The molecule has 2 aromatic carbocycles. The van der Waals surface area contributed by atoms with Crippen LogP contribution in [0.15, 0.2) is 42.5 Å². The molecule has 0 aliphatic heterocycles. The van der Waals surface area contributed by atoms with E-state index in [2.05, 4.69) is 5.32 Å². The normalized spacial score (nSPS) is 11.7. The molecule has 2 aromatic rings. The van der Waals surface area contributed by atoms with Gasteiger partial charge in [-0.25, -0.2) is 4.79 Å². The summed E-state index contributed by atoms with van der Waals surface area (Å²) in [6.45, 7) is 0. The van der Waals surface area contributed by atoms with E-state index in [1.165, 1.54) is 0 Å². The van der Waals surface area contributed by atoms with E-state index in [0.717, 1.165) is 0 Å². The zero-order valence-electron chi connectivity index (χ0n) is 13.5. The summed E-state index contributed by atoms with van der Waals surface area (Å²) < 4.78 is 5.01. The predicted octanol–water partition coefficient (Wildman–Crippen LogP) is 4.90. The molecule has 0 aliphatic carbocycles. The van der Waals surface area contributed by atoms with Gasteiger partial charge < -0.3 is 15.2 Å². The van der Waals surface area contributed by atoms with Crippen LogP contribution in [0.2, 0.25) is 10.0 Å². The number of carbonyl (C=O) groups is 2. The van der Waals surface area contributed by atoms with Crippen LogP contribution < -0.4 is 5.32 Å². The Morgan fingerprint density at radius 3 is 2.35 bits per heavy atom. The molecule has 0 spiro atoms. The molecule has 0 aliphatic rings. The molecule has 1 atom stereocenters. The maximum Gasteiger partial charge on any atom is 0.345 e. The predicted molar refractivity (Wildman–Crippen MR) is 103 cm³/mol. The zero-order valence-corrected chi connectivity index (χ0v) is 15.8. The lowest BCUT2D eigenvalue weighted by atomic mass is 10.1. The van der Waals surface area contributed by atoms with Gasteiger partial charge in [-0.1, -0.05) is 47.5 Å². The molecule has 2 rings (SSSR count). The maximum absolute atomic E-state index is 12.1. The van der Waals surface area contributed by atoms with Crippen molar-refractivity contribution in [3.63, 3.8) is 0 Å². The Labute approximate surface area is 165 Å². The Hall–Kier alpha value is -1.95. The van der Waals surface area contributed by atoms with Crippen molar-refractivity contribution in [2.45, 2.75) is 18.9 Å². The first-order valence-corrected chi connectivity index (χ1v) is 8.98. The molecule has 0 bridgehead atoms. The van der Waals surface area contributed by atoms with Crippen LogP contribution in [-0.2, 0) is 20.7 Å². The van der Waals surface area contributed by atoms with Crippen molar-refractivity contribution in [1.82, 2.24) is 0 Å². The molecule has 138 valence electrons. The van der Waals surface area contributed by atoms with Crippen LogP contribution in [0.25, 0.3) is 0 Å². The standard InChI is InChI=1S/C18H16Cl3NO4/c19-9-8-15(18(24)25)26-16(23)10-11-4-1-2-7-14(11)22-17-12(20)5-3-6-13(17)21/h1-7,15,22H,8-10H2,(H,24,25). The number of rotatable bonds is 8. The lowest BCUT2D eigenvalue weighted by Crippen LogP contribution is -2.28. The van der Waals surface area contributed by atoms with Gasteiger partial charge in [0.1, 0.15) is 0 Å². The van der Waals surface area contributed by atoms with Crippen LogP contribution in [0.3, 0.4) is 0 Å². The van der Waals surface area contributed by atoms with Gasteiger partial charge in [0.05, 0.1) is 22.2 Å². The van der Waals surface area contributed by atoms with Crippen molar-refractivity contribution >= 4 is 58.1 Å². The van der Waals surface area contributed by atoms with Crippen LogP contribution in [0.1, 0.15) is 12.0 Å². The highest BCUT2D eigenvalue weighted by Gasteiger charge is 2.22. The summed E-state index contributed by atoms with van der Waals surface area (Å²) >= 11 is 17.9. The van der Waals surface area contributed by atoms with Crippen molar-refractivity contribution < 1.29 is 19.4 Å². The van der Waals surface area contributed by atoms with E-state index in [1.54, 1.807) is 42.5 Å². The van der Waals surface area contributed by atoms with Gasteiger partial charge in [-0.2, -0.15) is 0 Å². The number of hydrogen-bond acceptors (Lipinski definition) is 4. The summed E-state index contributed by atoms with van der Waals surface area (Å²) in [6.07, 6.45) is -1.34. The van der Waals surface area contributed by atoms with Gasteiger partial charge in [-0.05, 0) is 23.8 Å². The monoisotopic (exact) mass is 415 g/mol. The molecule has 0 fully saturated rings. The number of aliphatic carboxylic acids is 1. The highest BCUT2D eigenvalue weighted by molar-refractivity contribution is 6.39. The van der Waals surface area contributed by atoms with E-state index in [1.807, 2.05) is 0 Å². The number of hydrogen-bond donors (Lipinski definition) is 2. The molecule has 0 saturated carbocycles. The fraction of sp³-hybridized carbons (Fsp3) is 0.222. The Bertz CT molecular complexity index is 778. The fourth-order valence-electron chi connectivity index (χ4n) is 2.24. The summed E-state index contributed by atoms with van der Waals surface area (Å²) in [5.74, 6) is -1.82. The first-order valence-electron chi connectivity index (χ1n) is 7.69. The minimum absolute atomic E-state index is 0.0394. The number of esters is 1. The first kappa shape index (κ1) is 20.4. The van der Waals surface area contributed by atoms with Crippen LogP contribution in [0, 0.1) is 0 Å². The summed E-state index contributed by atoms with van der Waals surface area (Å²) in [5, 5.41) is 13.0. The van der Waals surface area contributed by atoms with Gasteiger partial charge in [-0.15, -0.1) is 11.6 Å². The molecule has 1 unspecified atom stereocenters. The quantitative estimate of drug-likeness (QED) is 0.472. The number of carbonyl (C=O) groups excluding carboxylic acids is 1. The largest absolute Gasteiger partial charge is 0.479 e. The third-order valence-corrected chi connectivity index (χ3v) is 4.34. The molecular formula is C18H16Cl3NO4. The molecule has 8 heteroatoms. The third-order valence-electron chi connectivity index (χ3n) is 3.50. The second-order valence-electron chi connectivity index (χ2n) is 5.35. The van der Waals surface area contributed by atoms with Crippen LogP contribution >= 0.6 is 34.8 Å². The SMILES string of the molecule is O=C(Cc1ccccc1Nc1c(Cl)cccc1Cl)OC(CCCl)C(=O)O. The van der Waals surface area contributed by atoms with Crippen LogP contribution in [0.4, 0.5) is 11.4 Å². The highest BCUT2D eigenvalue weighted by Crippen LogP contribution is 2.33. The Kier molecular flexibility index (Phi) is 7.57. The van der Waals surface area contributed by atoms with E-state index in [0.29, 0.717) is 27.0 Å². The van der Waals surface area contributed by atoms with Crippen LogP contribution in [0.5, 0.6) is 0 Å². The smallest absolute Gasteiger partial charge is 0.345 e. The van der Waals surface area contributed by atoms with Gasteiger partial charge in [0.2, 0.25) is 0 Å². The maximum atomic E-state index is 12.1. The summed E-state index contributed by atoms with van der Waals surface area (Å²) in [7, 11) is 0. The number of nitrogens with one attached hydrogen (secondary N) is 1. The molecule has 0 heterocycles. The molecule has 2 N–H and O–H groups in total. The van der Waals surface area contributed by atoms with E-state index in [-0.39, 0.29) is 18.7 Å². The molecular weight excluding hydrogens is 401 g/mol. The van der Waals surface area contributed by atoms with Crippen molar-refractivity contribution in [3.8, 4) is 0 Å². The number of carboxylic acids is 1. The minimum Gasteiger partial charge on any atom is -0.479 e. The van der Waals surface area contributed by atoms with Gasteiger partial charge in [0, 0.05) is 18.0 Å². The average Bonchev–Trinajstić information content (AvgIpc) is 2.59. The van der Waals surface area contributed by atoms with Crippen LogP contribution in [-0.4, -0.2) is 29.0 Å². The average molecular weight is 417 g/mol. The van der Waals surface area contributed by atoms with Gasteiger partial charge >= 0.3 is 11.9 Å². The number of carboxylic acid groups (broad SMARTS) is 1. The topological polar surface area (TPSA) is 75.6 Å². The van der Waals surface area contributed by atoms with Crippen molar-refractivity contribution in [3.05, 3.63) is 58.1 Å². The molecule has 26 heavy (non-hydrogen) atoms. The molecule has 5 nitrogen and oxygen atoms in total. The Morgan fingerprint density at radius 1 is 1.08 bits per heavy atom. The summed E-state index contributed by atoms with van der Waals surface area (Å²) in [5.41, 5.74) is 1.74. The zero-order chi connectivity index (χ0) is 19.1. The third kappa shape index (κ3) is 5.53. The lowest BCUT2D eigenvalue weighted by Gasteiger charge is -2.16. The number of alkyl halides is 1. The highest BCUT2D eigenvalue weighted by atomic mass is 35.5. The summed E-state index contributed by atoms with van der Waals surface area (Å²) in [6, 6.07) is 12.1. The molecule has 0 aromatic heterocycles. The van der Waals surface area contributed by atoms with E-state index in [9.17, 15) is 9.59 Å². The number of benzene rings is 2. The Balaban J connectivity index is 2.16.